The van der Waals surface area contributed by atoms with E-state index in [1.165, 1.54) is 11.6 Å². The van der Waals surface area contributed by atoms with Gasteiger partial charge in [0.2, 0.25) is 0 Å². The number of H-pyrrole nitrogens is 1. The normalized spacial score (nSPS) is 11.9. The number of aromatic amines is 1. The molecule has 0 spiro atoms. The van der Waals surface area contributed by atoms with Gasteiger partial charge >= 0.3 is 5.97 Å². The molecule has 0 fully saturated rings. The van der Waals surface area contributed by atoms with Crippen LogP contribution in [0.3, 0.4) is 0 Å². The number of nitrogens with one attached hydrogen (secondary N) is 1. The molecule has 0 bridgehead atoms. The Balaban J connectivity index is 1.82. The van der Waals surface area contributed by atoms with Crippen LogP contribution in [0.5, 0.6) is 5.88 Å². The zero-order chi connectivity index (χ0) is 23.4. The quantitative estimate of drug-likeness (QED) is 0.334. The van der Waals surface area contributed by atoms with Crippen molar-refractivity contribution in [2.24, 2.45) is 4.99 Å². The maximum absolute atomic E-state index is 11.5. The standard InChI is InChI=1S/C26H26N4O3/c1-3-30(4-2)16-17-5-8-20(9-6-17)28-24(18-11-13-27-14-12-18)23-21-15-19(26(32)33)7-10-22(21)29-25(23)31/h5-15,29,31H,3-4,16H2,1-2H3,(H,32,33). The predicted octanol–water partition coefficient (Wildman–Crippen LogP) is 4.98. The minimum absolute atomic E-state index is 0.0683. The molecular weight excluding hydrogens is 416 g/mol. The van der Waals surface area contributed by atoms with Gasteiger partial charge in [0, 0.05) is 35.4 Å². The van der Waals surface area contributed by atoms with Gasteiger partial charge in [-0.1, -0.05) is 26.0 Å². The zero-order valence-corrected chi connectivity index (χ0v) is 18.6. The number of carbonyl (C=O) groups is 1. The number of aromatic carboxylic acids is 1. The highest BCUT2D eigenvalue weighted by atomic mass is 16.4. The Morgan fingerprint density at radius 3 is 2.33 bits per heavy atom. The Morgan fingerprint density at radius 2 is 1.70 bits per heavy atom. The Kier molecular flexibility index (Phi) is 6.51. The summed E-state index contributed by atoms with van der Waals surface area (Å²) in [7, 11) is 0. The van der Waals surface area contributed by atoms with E-state index < -0.39 is 5.97 Å². The lowest BCUT2D eigenvalue weighted by Gasteiger charge is -2.17. The molecule has 0 unspecified atom stereocenters. The average molecular weight is 443 g/mol. The van der Waals surface area contributed by atoms with Crippen LogP contribution >= 0.6 is 0 Å². The van der Waals surface area contributed by atoms with E-state index in [0.717, 1.165) is 30.9 Å². The van der Waals surface area contributed by atoms with Crippen molar-refractivity contribution in [1.29, 1.82) is 0 Å². The predicted molar refractivity (Wildman–Crippen MR) is 130 cm³/mol. The minimum atomic E-state index is -1.03. The smallest absolute Gasteiger partial charge is 0.335 e. The molecule has 3 N–H and O–H groups in total. The van der Waals surface area contributed by atoms with Gasteiger partial charge in [-0.05, 0) is 61.1 Å². The molecule has 2 aromatic heterocycles. The molecule has 0 aliphatic carbocycles. The summed E-state index contributed by atoms with van der Waals surface area (Å²) >= 11 is 0. The van der Waals surface area contributed by atoms with Crippen LogP contribution < -0.4 is 0 Å². The van der Waals surface area contributed by atoms with Crippen LogP contribution in [0.15, 0.2) is 72.0 Å². The molecule has 0 radical (unpaired) electrons. The molecule has 7 heteroatoms. The number of fused-ring (bicyclic) bond motifs is 1. The highest BCUT2D eigenvalue weighted by molar-refractivity contribution is 6.22. The third kappa shape index (κ3) is 4.78. The first-order valence-corrected chi connectivity index (χ1v) is 10.9. The lowest BCUT2D eigenvalue weighted by Crippen LogP contribution is -2.21. The van der Waals surface area contributed by atoms with Crippen LogP contribution in [0.1, 0.15) is 40.9 Å². The Labute approximate surface area is 192 Å². The third-order valence-electron chi connectivity index (χ3n) is 5.69. The SMILES string of the molecule is CCN(CC)Cc1ccc(N=C(c2ccncc2)c2c(O)[nH]c3ccc(C(=O)O)cc23)cc1. The summed E-state index contributed by atoms with van der Waals surface area (Å²) in [6.45, 7) is 7.14. The summed E-state index contributed by atoms with van der Waals surface area (Å²) in [5.74, 6) is -1.10. The number of aromatic nitrogens is 2. The molecule has 33 heavy (non-hydrogen) atoms. The lowest BCUT2D eigenvalue weighted by molar-refractivity contribution is 0.0697. The van der Waals surface area contributed by atoms with Gasteiger partial charge < -0.3 is 15.2 Å². The molecule has 2 heterocycles. The van der Waals surface area contributed by atoms with Crippen molar-refractivity contribution in [2.75, 3.05) is 13.1 Å². The summed E-state index contributed by atoms with van der Waals surface area (Å²) in [5, 5.41) is 20.8. The van der Waals surface area contributed by atoms with Crippen molar-refractivity contribution in [3.63, 3.8) is 0 Å². The maximum atomic E-state index is 11.5. The number of benzene rings is 2. The number of pyridine rings is 1. The van der Waals surface area contributed by atoms with Crippen molar-refractivity contribution < 1.29 is 15.0 Å². The van der Waals surface area contributed by atoms with Gasteiger partial charge in [-0.15, -0.1) is 0 Å². The largest absolute Gasteiger partial charge is 0.494 e. The fourth-order valence-electron chi connectivity index (χ4n) is 3.84. The highest BCUT2D eigenvalue weighted by Crippen LogP contribution is 2.32. The molecule has 2 aromatic carbocycles. The molecule has 7 nitrogen and oxygen atoms in total. The van der Waals surface area contributed by atoms with Crippen LogP contribution in [-0.2, 0) is 6.54 Å². The molecule has 4 aromatic rings. The van der Waals surface area contributed by atoms with Gasteiger partial charge in [0.05, 0.1) is 22.5 Å². The molecule has 4 rings (SSSR count). The molecule has 0 saturated heterocycles. The first-order valence-electron chi connectivity index (χ1n) is 10.9. The summed E-state index contributed by atoms with van der Waals surface area (Å²) in [5.41, 5.74) is 4.43. The van der Waals surface area contributed by atoms with Gasteiger partial charge in [0.1, 0.15) is 0 Å². The van der Waals surface area contributed by atoms with Gasteiger partial charge in [-0.3, -0.25) is 9.88 Å². The molecule has 0 amide bonds. The zero-order valence-electron chi connectivity index (χ0n) is 18.6. The van der Waals surface area contributed by atoms with Crippen LogP contribution in [-0.4, -0.2) is 49.9 Å². The second-order valence-electron chi connectivity index (χ2n) is 7.74. The summed E-state index contributed by atoms with van der Waals surface area (Å²) in [6, 6.07) is 16.3. The summed E-state index contributed by atoms with van der Waals surface area (Å²) in [6.07, 6.45) is 3.32. The third-order valence-corrected chi connectivity index (χ3v) is 5.69. The molecule has 0 atom stereocenters. The molecule has 0 aliphatic rings. The minimum Gasteiger partial charge on any atom is -0.494 e. The number of aromatic hydroxyl groups is 1. The first-order chi connectivity index (χ1) is 16.0. The Morgan fingerprint density at radius 1 is 1.00 bits per heavy atom. The molecule has 0 saturated carbocycles. The van der Waals surface area contributed by atoms with Gasteiger partial charge in [-0.2, -0.15) is 0 Å². The lowest BCUT2D eigenvalue weighted by atomic mass is 10.0. The second-order valence-corrected chi connectivity index (χ2v) is 7.74. The van der Waals surface area contributed by atoms with Crippen molar-refractivity contribution >= 4 is 28.3 Å². The van der Waals surface area contributed by atoms with Crippen LogP contribution in [0.2, 0.25) is 0 Å². The van der Waals surface area contributed by atoms with E-state index >= 15 is 0 Å². The van der Waals surface area contributed by atoms with E-state index in [9.17, 15) is 15.0 Å². The van der Waals surface area contributed by atoms with Gasteiger partial charge in [0.15, 0.2) is 5.88 Å². The van der Waals surface area contributed by atoms with E-state index in [-0.39, 0.29) is 11.4 Å². The van der Waals surface area contributed by atoms with E-state index in [4.69, 9.17) is 4.99 Å². The molecular formula is C26H26N4O3. The van der Waals surface area contributed by atoms with E-state index in [1.54, 1.807) is 24.5 Å². The van der Waals surface area contributed by atoms with E-state index in [2.05, 4.69) is 40.8 Å². The Bertz CT molecular complexity index is 1290. The number of nitrogens with zero attached hydrogens (tertiary/aromatic N) is 3. The number of hydrogen-bond donors (Lipinski definition) is 3. The van der Waals surface area contributed by atoms with Crippen LogP contribution in [0.25, 0.3) is 10.9 Å². The Hall–Kier alpha value is -3.97. The van der Waals surface area contributed by atoms with E-state index in [1.807, 2.05) is 24.3 Å². The van der Waals surface area contributed by atoms with Crippen molar-refractivity contribution in [3.8, 4) is 5.88 Å². The number of carboxylic acids is 1. The highest BCUT2D eigenvalue weighted by Gasteiger charge is 2.20. The molecule has 168 valence electrons. The van der Waals surface area contributed by atoms with Gasteiger partial charge in [-0.25, -0.2) is 9.79 Å². The van der Waals surface area contributed by atoms with Crippen molar-refractivity contribution in [2.45, 2.75) is 20.4 Å². The second kappa shape index (κ2) is 9.67. The van der Waals surface area contributed by atoms with Crippen molar-refractivity contribution in [3.05, 3.63) is 89.2 Å². The molecule has 0 aliphatic heterocycles. The number of carboxylic acid groups (broad SMARTS) is 1. The fraction of sp³-hybridized carbons (Fsp3) is 0.192. The summed E-state index contributed by atoms with van der Waals surface area (Å²) < 4.78 is 0. The monoisotopic (exact) mass is 442 g/mol. The number of hydrogen-bond acceptors (Lipinski definition) is 5. The van der Waals surface area contributed by atoms with Gasteiger partial charge in [0.25, 0.3) is 0 Å². The van der Waals surface area contributed by atoms with Crippen LogP contribution in [0.4, 0.5) is 5.69 Å². The topological polar surface area (TPSA) is 102 Å². The summed E-state index contributed by atoms with van der Waals surface area (Å²) in [4.78, 5) is 25.8. The number of aliphatic imine (C=N–C) groups is 1. The average Bonchev–Trinajstić information content (AvgIpc) is 3.17. The fourth-order valence-corrected chi connectivity index (χ4v) is 3.84. The van der Waals surface area contributed by atoms with Crippen molar-refractivity contribution in [1.82, 2.24) is 14.9 Å². The van der Waals surface area contributed by atoms with Crippen LogP contribution in [0, 0.1) is 0 Å². The van der Waals surface area contributed by atoms with E-state index in [0.29, 0.717) is 22.2 Å². The maximum Gasteiger partial charge on any atom is 0.335 e. The first kappa shape index (κ1) is 22.2. The number of rotatable bonds is 8.